The average Bonchev–Trinajstić information content (AvgIpc) is 2.49. The molecule has 0 radical (unpaired) electrons. The Hall–Kier alpha value is -0.560. The number of nitrogens with zero attached hydrogens (tertiary/aromatic N) is 2. The van der Waals surface area contributed by atoms with Gasteiger partial charge in [0.2, 0.25) is 0 Å². The Morgan fingerprint density at radius 1 is 1.47 bits per heavy atom. The van der Waals surface area contributed by atoms with E-state index in [4.69, 9.17) is 10.2 Å². The van der Waals surface area contributed by atoms with Gasteiger partial charge in [-0.2, -0.15) is 5.10 Å². The van der Waals surface area contributed by atoms with Gasteiger partial charge in [0.1, 0.15) is 0 Å². The van der Waals surface area contributed by atoms with Gasteiger partial charge in [0, 0.05) is 18.4 Å². The molecule has 1 atom stereocenters. The molecule has 6 heteroatoms. The summed E-state index contributed by atoms with van der Waals surface area (Å²) in [5, 5.41) is 32.1. The van der Waals surface area contributed by atoms with Crippen molar-refractivity contribution in [3.63, 3.8) is 0 Å². The van der Waals surface area contributed by atoms with Crippen LogP contribution in [0.1, 0.15) is 11.3 Å². The molecule has 1 rings (SSSR count). The molecule has 0 saturated heterocycles. The highest BCUT2D eigenvalue weighted by atomic mass is 32.2. The van der Waals surface area contributed by atoms with Gasteiger partial charge in [-0.15, -0.1) is 11.8 Å². The molecular weight excluding hydrogens is 216 g/mol. The van der Waals surface area contributed by atoms with Crippen LogP contribution in [0.25, 0.3) is 0 Å². The van der Waals surface area contributed by atoms with Crippen LogP contribution in [0.3, 0.4) is 0 Å². The summed E-state index contributed by atoms with van der Waals surface area (Å²) in [7, 11) is 1.79. The molecule has 0 amide bonds. The first kappa shape index (κ1) is 12.5. The van der Waals surface area contributed by atoms with Crippen molar-refractivity contribution in [3.05, 3.63) is 11.3 Å². The van der Waals surface area contributed by atoms with Gasteiger partial charge in [-0.1, -0.05) is 0 Å². The minimum absolute atomic E-state index is 0.0583. The van der Waals surface area contributed by atoms with Gasteiger partial charge >= 0.3 is 0 Å². The van der Waals surface area contributed by atoms with E-state index in [0.717, 1.165) is 16.3 Å². The lowest BCUT2D eigenvalue weighted by Crippen LogP contribution is -2.15. The van der Waals surface area contributed by atoms with Crippen molar-refractivity contribution in [1.82, 2.24) is 9.78 Å². The highest BCUT2D eigenvalue weighted by molar-refractivity contribution is 7.99. The van der Waals surface area contributed by atoms with E-state index in [1.165, 1.54) is 11.8 Å². The highest BCUT2D eigenvalue weighted by Gasteiger charge is 2.14. The Bertz CT molecular complexity index is 327. The second kappa shape index (κ2) is 5.50. The number of hydrogen-bond donors (Lipinski definition) is 3. The minimum Gasteiger partial charge on any atom is -0.394 e. The third kappa shape index (κ3) is 2.94. The molecule has 0 bridgehead atoms. The van der Waals surface area contributed by atoms with Crippen molar-refractivity contribution >= 4 is 11.8 Å². The van der Waals surface area contributed by atoms with Crippen molar-refractivity contribution in [2.45, 2.75) is 24.7 Å². The molecule has 0 aliphatic carbocycles. The number of aliphatic hydroxyl groups is 3. The number of aliphatic hydroxyl groups excluding tert-OH is 3. The Morgan fingerprint density at radius 3 is 2.67 bits per heavy atom. The predicted molar refractivity (Wildman–Crippen MR) is 57.7 cm³/mol. The summed E-state index contributed by atoms with van der Waals surface area (Å²) < 4.78 is 1.68. The van der Waals surface area contributed by atoms with E-state index in [1.54, 1.807) is 11.7 Å². The first-order valence-corrected chi connectivity index (χ1v) is 5.63. The Balaban J connectivity index is 2.75. The molecule has 15 heavy (non-hydrogen) atoms. The summed E-state index contributed by atoms with van der Waals surface area (Å²) in [5.41, 5.74) is 1.58. The summed E-state index contributed by atoms with van der Waals surface area (Å²) in [5.74, 6) is 0.391. The van der Waals surface area contributed by atoms with Crippen LogP contribution in [0.15, 0.2) is 5.03 Å². The lowest BCUT2D eigenvalue weighted by Gasteiger charge is -2.07. The van der Waals surface area contributed by atoms with Crippen molar-refractivity contribution in [2.75, 3.05) is 12.4 Å². The maximum Gasteiger partial charge on any atom is 0.0995 e. The van der Waals surface area contributed by atoms with Crippen LogP contribution in [-0.2, 0) is 13.7 Å². The molecule has 0 aromatic carbocycles. The molecule has 1 heterocycles. The molecule has 0 saturated carbocycles. The van der Waals surface area contributed by atoms with E-state index in [-0.39, 0.29) is 13.2 Å². The van der Waals surface area contributed by atoms with E-state index in [9.17, 15) is 5.11 Å². The minimum atomic E-state index is -0.739. The standard InChI is InChI=1S/C9H16N2O3S/c1-6-8(4-13)9(11(2)10-6)15-5-7(14)3-12/h7,12-14H,3-5H2,1-2H3. The summed E-state index contributed by atoms with van der Waals surface area (Å²) in [6.45, 7) is 1.52. The van der Waals surface area contributed by atoms with Gasteiger partial charge in [-0.05, 0) is 6.92 Å². The number of thioether (sulfide) groups is 1. The van der Waals surface area contributed by atoms with E-state index in [2.05, 4.69) is 5.10 Å². The van der Waals surface area contributed by atoms with Crippen molar-refractivity contribution < 1.29 is 15.3 Å². The Labute approximate surface area is 92.7 Å². The summed E-state index contributed by atoms with van der Waals surface area (Å²) >= 11 is 1.38. The molecule has 0 fully saturated rings. The lowest BCUT2D eigenvalue weighted by molar-refractivity contribution is 0.113. The quantitative estimate of drug-likeness (QED) is 0.606. The maximum absolute atomic E-state index is 9.22. The second-order valence-electron chi connectivity index (χ2n) is 3.30. The SMILES string of the molecule is Cc1nn(C)c(SCC(O)CO)c1CO. The predicted octanol–water partition coefficient (Wildman–Crippen LogP) is -0.334. The van der Waals surface area contributed by atoms with Crippen molar-refractivity contribution in [1.29, 1.82) is 0 Å². The van der Waals surface area contributed by atoms with Crippen molar-refractivity contribution in [3.8, 4) is 0 Å². The van der Waals surface area contributed by atoms with Gasteiger partial charge in [-0.25, -0.2) is 0 Å². The van der Waals surface area contributed by atoms with Crippen LogP contribution in [0.4, 0.5) is 0 Å². The monoisotopic (exact) mass is 232 g/mol. The van der Waals surface area contributed by atoms with Crippen molar-refractivity contribution in [2.24, 2.45) is 7.05 Å². The molecule has 3 N–H and O–H groups in total. The second-order valence-corrected chi connectivity index (χ2v) is 4.31. The molecule has 1 unspecified atom stereocenters. The van der Waals surface area contributed by atoms with E-state index < -0.39 is 6.10 Å². The van der Waals surface area contributed by atoms with Crippen LogP contribution in [-0.4, -0.2) is 43.6 Å². The van der Waals surface area contributed by atoms with Gasteiger partial charge in [0.05, 0.1) is 30.0 Å². The molecule has 0 aliphatic rings. The molecule has 0 aliphatic heterocycles. The topological polar surface area (TPSA) is 78.5 Å². The molecular formula is C9H16N2O3S. The smallest absolute Gasteiger partial charge is 0.0995 e. The first-order chi connectivity index (χ1) is 7.10. The number of hydrogen-bond acceptors (Lipinski definition) is 5. The van der Waals surface area contributed by atoms with Crippen LogP contribution >= 0.6 is 11.8 Å². The molecule has 5 nitrogen and oxygen atoms in total. The fourth-order valence-electron chi connectivity index (χ4n) is 1.27. The fourth-order valence-corrected chi connectivity index (χ4v) is 2.34. The molecule has 86 valence electrons. The molecule has 0 spiro atoms. The van der Waals surface area contributed by atoms with E-state index >= 15 is 0 Å². The van der Waals surface area contributed by atoms with Gasteiger partial charge < -0.3 is 15.3 Å². The fraction of sp³-hybridized carbons (Fsp3) is 0.667. The number of aryl methyl sites for hydroxylation is 2. The number of rotatable bonds is 5. The van der Waals surface area contributed by atoms with Crippen LogP contribution < -0.4 is 0 Å². The Kier molecular flexibility index (Phi) is 4.59. The van der Waals surface area contributed by atoms with Crippen LogP contribution in [0.2, 0.25) is 0 Å². The lowest BCUT2D eigenvalue weighted by atomic mass is 10.3. The average molecular weight is 232 g/mol. The van der Waals surface area contributed by atoms with Crippen LogP contribution in [0.5, 0.6) is 0 Å². The first-order valence-electron chi connectivity index (χ1n) is 4.65. The highest BCUT2D eigenvalue weighted by Crippen LogP contribution is 2.25. The summed E-state index contributed by atoms with van der Waals surface area (Å²) in [6, 6.07) is 0. The third-order valence-electron chi connectivity index (χ3n) is 2.07. The zero-order valence-electron chi connectivity index (χ0n) is 8.84. The summed E-state index contributed by atoms with van der Waals surface area (Å²) in [4.78, 5) is 0. The van der Waals surface area contributed by atoms with E-state index in [0.29, 0.717) is 5.75 Å². The summed E-state index contributed by atoms with van der Waals surface area (Å²) in [6.07, 6.45) is -0.739. The number of aromatic nitrogens is 2. The van der Waals surface area contributed by atoms with Gasteiger partial charge in [0.25, 0.3) is 0 Å². The zero-order chi connectivity index (χ0) is 11.4. The zero-order valence-corrected chi connectivity index (χ0v) is 9.66. The normalized spacial score (nSPS) is 13.1. The van der Waals surface area contributed by atoms with Gasteiger partial charge in [-0.3, -0.25) is 4.68 Å². The maximum atomic E-state index is 9.22. The van der Waals surface area contributed by atoms with E-state index in [1.807, 2.05) is 6.92 Å². The molecule has 1 aromatic rings. The van der Waals surface area contributed by atoms with Crippen LogP contribution in [0, 0.1) is 6.92 Å². The molecule has 1 aromatic heterocycles. The largest absolute Gasteiger partial charge is 0.394 e. The Morgan fingerprint density at radius 2 is 2.13 bits per heavy atom. The van der Waals surface area contributed by atoms with Gasteiger partial charge in [0.15, 0.2) is 0 Å². The third-order valence-corrected chi connectivity index (χ3v) is 3.41.